The van der Waals surface area contributed by atoms with E-state index in [0.717, 1.165) is 0 Å². The molecule has 0 aliphatic carbocycles. The Balaban J connectivity index is 0. The molecule has 1 aromatic carbocycles. The fraction of sp³-hybridized carbons (Fsp3) is 0.333. The topological polar surface area (TPSA) is 20.2 Å². The van der Waals surface area contributed by atoms with E-state index in [-0.39, 0.29) is 23.6 Å². The van der Waals surface area contributed by atoms with Crippen molar-refractivity contribution in [2.75, 3.05) is 6.61 Å². The molecule has 1 rings (SSSR count). The van der Waals surface area contributed by atoms with Crippen LogP contribution >= 0.6 is 17.0 Å². The van der Waals surface area contributed by atoms with Crippen molar-refractivity contribution in [3.63, 3.8) is 0 Å². The summed E-state index contributed by atoms with van der Waals surface area (Å²) in [6, 6.07) is 10.5. The number of rotatable bonds is 1. The highest BCUT2D eigenvalue weighted by Crippen LogP contribution is 1.95. The van der Waals surface area contributed by atoms with Gasteiger partial charge in [-0.25, -0.2) is 0 Å². The zero-order valence-electron chi connectivity index (χ0n) is 7.36. The third-order valence-electron chi connectivity index (χ3n) is 1.13. The van der Waals surface area contributed by atoms with Crippen molar-refractivity contribution in [1.82, 2.24) is 0 Å². The zero-order valence-corrected chi connectivity index (χ0v) is 10.5. The van der Waals surface area contributed by atoms with Gasteiger partial charge in [-0.15, -0.1) is 17.0 Å². The molecule has 0 bridgehead atoms. The molecule has 12 heavy (non-hydrogen) atoms. The number of halogens is 1. The Hall–Kier alpha value is 0.426. The molecule has 3 heteroatoms. The van der Waals surface area contributed by atoms with Crippen LogP contribution < -0.4 is 0 Å². The summed E-state index contributed by atoms with van der Waals surface area (Å²) in [7, 11) is 0. The molecular weight excluding hydrogens is 228 g/mol. The van der Waals surface area contributed by atoms with Gasteiger partial charge in [0.25, 0.3) is 4.55 Å². The van der Waals surface area contributed by atoms with Crippen LogP contribution in [-0.2, 0) is 4.55 Å². The first-order valence-corrected chi connectivity index (χ1v) is 4.79. The summed E-state index contributed by atoms with van der Waals surface area (Å²) >= 11 is 1.98. The summed E-state index contributed by atoms with van der Waals surface area (Å²) in [6.07, 6.45) is 0. The molecule has 1 aromatic rings. The second kappa shape index (κ2) is 11.4. The molecule has 0 fully saturated rings. The van der Waals surface area contributed by atoms with Crippen molar-refractivity contribution in [3.8, 4) is 0 Å². The van der Waals surface area contributed by atoms with Gasteiger partial charge >= 0.3 is 21.7 Å². The van der Waals surface area contributed by atoms with Gasteiger partial charge in [0.05, 0.1) is 0 Å². The van der Waals surface area contributed by atoms with Gasteiger partial charge in [-0.05, 0) is 6.92 Å². The highest BCUT2D eigenvalue weighted by Gasteiger charge is 2.22. The predicted octanol–water partition coefficient (Wildman–Crippen LogP) is 1.93. The van der Waals surface area contributed by atoms with Gasteiger partial charge in [-0.1, -0.05) is 30.3 Å². The number of aliphatic hydroxyl groups excluding tert-OH is 1. The highest BCUT2D eigenvalue weighted by atomic mass is 79.9. The molecule has 7 radical (unpaired) electrons. The van der Waals surface area contributed by atoms with Gasteiger partial charge in [-0.3, -0.25) is 0 Å². The third kappa shape index (κ3) is 8.52. The van der Waals surface area contributed by atoms with Gasteiger partial charge < -0.3 is 5.11 Å². The molecule has 0 spiro atoms. The van der Waals surface area contributed by atoms with Gasteiger partial charge in [0, 0.05) is 12.2 Å². The Kier molecular flexibility index (Phi) is 14.2. The molecule has 63 valence electrons. The van der Waals surface area contributed by atoms with E-state index in [1.54, 1.807) is 6.92 Å². The van der Waals surface area contributed by atoms with Crippen molar-refractivity contribution in [3.05, 3.63) is 35.9 Å². The SMILES string of the molecule is Br.CCO.[Mg+2][CH2]c1ccccc1. The number of hydrogen-bond donors (Lipinski definition) is 1. The Labute approximate surface area is 97.4 Å². The Morgan fingerprint density at radius 2 is 1.67 bits per heavy atom. The number of benzene rings is 1. The summed E-state index contributed by atoms with van der Waals surface area (Å²) in [5.74, 6) is 0. The van der Waals surface area contributed by atoms with Gasteiger partial charge in [0.15, 0.2) is 0 Å². The van der Waals surface area contributed by atoms with E-state index in [2.05, 4.69) is 24.3 Å². The van der Waals surface area contributed by atoms with E-state index in [1.807, 2.05) is 27.8 Å². The maximum atomic E-state index is 7.57. The molecule has 0 aromatic heterocycles. The molecular formula is C9H14BrMgO+2. The average Bonchev–Trinajstić information content (AvgIpc) is 2.08. The minimum atomic E-state index is 0. The Bertz CT molecular complexity index is 167. The van der Waals surface area contributed by atoms with E-state index >= 15 is 0 Å². The summed E-state index contributed by atoms with van der Waals surface area (Å²) in [6.45, 7) is 1.93. The summed E-state index contributed by atoms with van der Waals surface area (Å²) in [4.78, 5) is 0. The average molecular weight is 242 g/mol. The van der Waals surface area contributed by atoms with Crippen LogP contribution in [0.3, 0.4) is 0 Å². The first-order chi connectivity index (χ1) is 5.35. The molecule has 0 aliphatic rings. The van der Waals surface area contributed by atoms with E-state index in [1.165, 1.54) is 10.1 Å². The van der Waals surface area contributed by atoms with Crippen molar-refractivity contribution in [2.45, 2.75) is 11.5 Å². The first kappa shape index (κ1) is 14.9. The van der Waals surface area contributed by atoms with Crippen LogP contribution in [0, 0.1) is 0 Å². The van der Waals surface area contributed by atoms with Crippen LogP contribution in [0.5, 0.6) is 0 Å². The molecule has 1 N–H and O–H groups in total. The third-order valence-corrected chi connectivity index (χ3v) is 1.71. The second-order valence-electron chi connectivity index (χ2n) is 2.05. The van der Waals surface area contributed by atoms with Crippen LogP contribution in [0.4, 0.5) is 0 Å². The van der Waals surface area contributed by atoms with Gasteiger partial charge in [0.1, 0.15) is 0 Å². The lowest BCUT2D eigenvalue weighted by atomic mass is 10.2. The smallest absolute Gasteiger partial charge is 0.397 e. The lowest BCUT2D eigenvalue weighted by Gasteiger charge is -1.80. The molecule has 0 aliphatic heterocycles. The second-order valence-corrected chi connectivity index (χ2v) is 2.55. The molecule has 0 saturated carbocycles. The number of aliphatic hydroxyl groups is 1. The standard InChI is InChI=1S/C7H7.C2H6O.BrH.Mg/c1-7-5-3-2-4-6-7;1-2-3;;/h2-6H,1H2;3H,2H2,1H3;1H;/q;;;+2. The van der Waals surface area contributed by atoms with E-state index in [0.29, 0.717) is 0 Å². The summed E-state index contributed by atoms with van der Waals surface area (Å²) < 4.78 is 1.17. The molecule has 0 saturated heterocycles. The van der Waals surface area contributed by atoms with E-state index in [9.17, 15) is 0 Å². The van der Waals surface area contributed by atoms with E-state index < -0.39 is 0 Å². The van der Waals surface area contributed by atoms with Crippen LogP contribution in [0.15, 0.2) is 30.3 Å². The zero-order chi connectivity index (χ0) is 8.53. The van der Waals surface area contributed by atoms with Crippen molar-refractivity contribution >= 4 is 38.7 Å². The van der Waals surface area contributed by atoms with Crippen molar-refractivity contribution in [2.24, 2.45) is 0 Å². The molecule has 0 amide bonds. The molecule has 0 atom stereocenters. The van der Waals surface area contributed by atoms with Crippen LogP contribution in [0.25, 0.3) is 0 Å². The minimum Gasteiger partial charge on any atom is -0.397 e. The minimum absolute atomic E-state index is 0. The van der Waals surface area contributed by atoms with Crippen LogP contribution in [-0.4, -0.2) is 33.4 Å². The summed E-state index contributed by atoms with van der Waals surface area (Å²) in [5.41, 5.74) is 1.42. The normalized spacial score (nSPS) is 7.58. The van der Waals surface area contributed by atoms with Crippen LogP contribution in [0.2, 0.25) is 0 Å². The fourth-order valence-electron chi connectivity index (χ4n) is 0.645. The monoisotopic (exact) mass is 241 g/mol. The first-order valence-electron chi connectivity index (χ1n) is 3.79. The van der Waals surface area contributed by atoms with Crippen molar-refractivity contribution in [1.29, 1.82) is 0 Å². The van der Waals surface area contributed by atoms with Gasteiger partial charge in [0.2, 0.25) is 0 Å². The fourth-order valence-corrected chi connectivity index (χ4v) is 0.978. The largest absolute Gasteiger partial charge is 1.42 e. The molecule has 1 nitrogen and oxygen atoms in total. The lowest BCUT2D eigenvalue weighted by molar-refractivity contribution is 0.318. The quantitative estimate of drug-likeness (QED) is 0.746. The lowest BCUT2D eigenvalue weighted by Crippen LogP contribution is -1.78. The molecule has 0 unspecified atom stereocenters. The van der Waals surface area contributed by atoms with Crippen molar-refractivity contribution < 1.29 is 5.11 Å². The Morgan fingerprint density at radius 3 is 1.92 bits per heavy atom. The van der Waals surface area contributed by atoms with E-state index in [4.69, 9.17) is 5.11 Å². The summed E-state index contributed by atoms with van der Waals surface area (Å²) in [5, 5.41) is 7.57. The van der Waals surface area contributed by atoms with Gasteiger partial charge in [-0.2, -0.15) is 0 Å². The molecule has 0 heterocycles. The predicted molar refractivity (Wildman–Crippen MR) is 59.0 cm³/mol. The maximum absolute atomic E-state index is 7.57. The Morgan fingerprint density at radius 1 is 1.25 bits per heavy atom. The van der Waals surface area contributed by atoms with Crippen LogP contribution in [0.1, 0.15) is 12.5 Å². The highest BCUT2D eigenvalue weighted by molar-refractivity contribution is 8.93. The maximum Gasteiger partial charge on any atom is 1.42 e. The number of hydrogen-bond acceptors (Lipinski definition) is 1.